The van der Waals surface area contributed by atoms with Gasteiger partial charge in [-0.25, -0.2) is 0 Å². The van der Waals surface area contributed by atoms with E-state index in [0.717, 1.165) is 12.8 Å². The van der Waals surface area contributed by atoms with Crippen molar-refractivity contribution in [3.63, 3.8) is 0 Å². The molecule has 0 spiro atoms. The van der Waals surface area contributed by atoms with Gasteiger partial charge in [-0.15, -0.1) is 0 Å². The molecule has 0 heterocycles. The molecule has 1 atom stereocenters. The van der Waals surface area contributed by atoms with Crippen molar-refractivity contribution in [2.45, 2.75) is 39.7 Å². The third-order valence-electron chi connectivity index (χ3n) is 2.34. The first-order valence-electron chi connectivity index (χ1n) is 4.34. The molecule has 1 aliphatic rings. The lowest BCUT2D eigenvalue weighted by Gasteiger charge is -2.34. The summed E-state index contributed by atoms with van der Waals surface area (Å²) in [4.78, 5) is 10.8. The maximum atomic E-state index is 10.8. The minimum atomic E-state index is -0.177. The number of esters is 1. The van der Waals surface area contributed by atoms with Crippen molar-refractivity contribution in [1.82, 2.24) is 0 Å². The van der Waals surface area contributed by atoms with Gasteiger partial charge in [-0.05, 0) is 6.42 Å². The van der Waals surface area contributed by atoms with E-state index in [9.17, 15) is 4.79 Å². The fourth-order valence-electron chi connectivity index (χ4n) is 1.47. The summed E-state index contributed by atoms with van der Waals surface area (Å²) >= 11 is 0. The highest BCUT2D eigenvalue weighted by molar-refractivity contribution is 5.66. The zero-order chi connectivity index (χ0) is 9.19. The molecule has 0 aliphatic heterocycles. The average molecular weight is 168 g/mol. The Labute approximate surface area is 73.6 Å². The molecule has 2 nitrogen and oxygen atoms in total. The van der Waals surface area contributed by atoms with Crippen LogP contribution in [0.5, 0.6) is 0 Å². The third-order valence-corrected chi connectivity index (χ3v) is 2.34. The molecule has 0 N–H and O–H groups in total. The average Bonchev–Trinajstić information content (AvgIpc) is 1.92. The summed E-state index contributed by atoms with van der Waals surface area (Å²) in [5.41, 5.74) is 0.0976. The van der Waals surface area contributed by atoms with Gasteiger partial charge in [0.2, 0.25) is 0 Å². The van der Waals surface area contributed by atoms with Crippen LogP contribution in [0, 0.1) is 5.41 Å². The van der Waals surface area contributed by atoms with Gasteiger partial charge < -0.3 is 4.74 Å². The van der Waals surface area contributed by atoms with Crippen molar-refractivity contribution in [3.05, 3.63) is 12.2 Å². The first-order chi connectivity index (χ1) is 5.52. The van der Waals surface area contributed by atoms with Crippen LogP contribution in [0.15, 0.2) is 12.2 Å². The summed E-state index contributed by atoms with van der Waals surface area (Å²) in [7, 11) is 0. The van der Waals surface area contributed by atoms with Crippen LogP contribution >= 0.6 is 0 Å². The molecule has 0 aromatic rings. The summed E-state index contributed by atoms with van der Waals surface area (Å²) in [5.74, 6) is -0.177. The van der Waals surface area contributed by atoms with Crippen molar-refractivity contribution >= 4 is 5.97 Å². The molecule has 68 valence electrons. The zero-order valence-corrected chi connectivity index (χ0v) is 7.96. The van der Waals surface area contributed by atoms with Crippen LogP contribution in [-0.2, 0) is 9.53 Å². The largest absolute Gasteiger partial charge is 0.462 e. The Hall–Kier alpha value is -0.790. The number of carbonyl (C=O) groups is 1. The third kappa shape index (κ3) is 2.10. The molecular weight excluding hydrogens is 152 g/mol. The van der Waals surface area contributed by atoms with E-state index in [1.165, 1.54) is 6.92 Å². The molecule has 0 radical (unpaired) electrons. The lowest BCUT2D eigenvalue weighted by atomic mass is 9.78. The van der Waals surface area contributed by atoms with Gasteiger partial charge in [0.15, 0.2) is 0 Å². The number of ether oxygens (including phenoxy) is 1. The Morgan fingerprint density at radius 3 is 2.67 bits per heavy atom. The van der Waals surface area contributed by atoms with Crippen LogP contribution in [-0.4, -0.2) is 12.1 Å². The van der Waals surface area contributed by atoms with Gasteiger partial charge in [0.25, 0.3) is 0 Å². The molecule has 0 saturated carbocycles. The smallest absolute Gasteiger partial charge is 0.302 e. The van der Waals surface area contributed by atoms with Crippen LogP contribution < -0.4 is 0 Å². The Morgan fingerprint density at radius 2 is 2.17 bits per heavy atom. The van der Waals surface area contributed by atoms with Gasteiger partial charge in [-0.3, -0.25) is 4.79 Å². The minimum absolute atomic E-state index is 0.0556. The quantitative estimate of drug-likeness (QED) is 0.443. The van der Waals surface area contributed by atoms with E-state index in [1.807, 2.05) is 0 Å². The van der Waals surface area contributed by atoms with Crippen molar-refractivity contribution in [3.8, 4) is 0 Å². The SMILES string of the molecule is CC(=O)OC1CC=CCC1(C)C. The summed E-state index contributed by atoms with van der Waals surface area (Å²) in [6.45, 7) is 5.72. The molecule has 1 aliphatic carbocycles. The zero-order valence-electron chi connectivity index (χ0n) is 7.96. The Morgan fingerprint density at radius 1 is 1.50 bits per heavy atom. The second-order valence-electron chi connectivity index (χ2n) is 4.00. The van der Waals surface area contributed by atoms with Crippen LogP contribution in [0.1, 0.15) is 33.6 Å². The van der Waals surface area contributed by atoms with E-state index in [1.54, 1.807) is 0 Å². The van der Waals surface area contributed by atoms with E-state index in [4.69, 9.17) is 4.74 Å². The molecule has 12 heavy (non-hydrogen) atoms. The summed E-state index contributed by atoms with van der Waals surface area (Å²) in [6, 6.07) is 0. The molecule has 0 aromatic carbocycles. The Kier molecular flexibility index (Phi) is 2.55. The van der Waals surface area contributed by atoms with Crippen LogP contribution in [0.4, 0.5) is 0 Å². The van der Waals surface area contributed by atoms with E-state index in [2.05, 4.69) is 26.0 Å². The molecular formula is C10H16O2. The van der Waals surface area contributed by atoms with Gasteiger partial charge in [-0.1, -0.05) is 26.0 Å². The number of hydrogen-bond acceptors (Lipinski definition) is 2. The molecule has 0 fully saturated rings. The highest BCUT2D eigenvalue weighted by Gasteiger charge is 2.32. The fourth-order valence-corrected chi connectivity index (χ4v) is 1.47. The highest BCUT2D eigenvalue weighted by Crippen LogP contribution is 2.33. The second-order valence-corrected chi connectivity index (χ2v) is 4.00. The lowest BCUT2D eigenvalue weighted by Crippen LogP contribution is -2.34. The number of allylic oxidation sites excluding steroid dienone is 1. The number of hydrogen-bond donors (Lipinski definition) is 0. The molecule has 0 bridgehead atoms. The van der Waals surface area contributed by atoms with Crippen molar-refractivity contribution in [1.29, 1.82) is 0 Å². The minimum Gasteiger partial charge on any atom is -0.462 e. The van der Waals surface area contributed by atoms with Gasteiger partial charge in [-0.2, -0.15) is 0 Å². The van der Waals surface area contributed by atoms with Gasteiger partial charge in [0, 0.05) is 18.8 Å². The van der Waals surface area contributed by atoms with Crippen molar-refractivity contribution in [2.24, 2.45) is 5.41 Å². The van der Waals surface area contributed by atoms with Gasteiger partial charge >= 0.3 is 5.97 Å². The fraction of sp³-hybridized carbons (Fsp3) is 0.700. The standard InChI is InChI=1S/C10H16O2/c1-8(11)12-9-6-4-5-7-10(9,2)3/h4-5,9H,6-7H2,1-3H3. The van der Waals surface area contributed by atoms with Crippen LogP contribution in [0.3, 0.4) is 0 Å². The Balaban J connectivity index is 2.62. The van der Waals surface area contributed by atoms with Crippen molar-refractivity contribution in [2.75, 3.05) is 0 Å². The maximum Gasteiger partial charge on any atom is 0.302 e. The maximum absolute atomic E-state index is 10.8. The summed E-state index contributed by atoms with van der Waals surface area (Å²) < 4.78 is 5.22. The highest BCUT2D eigenvalue weighted by atomic mass is 16.5. The van der Waals surface area contributed by atoms with E-state index in [-0.39, 0.29) is 17.5 Å². The molecule has 0 aromatic heterocycles. The lowest BCUT2D eigenvalue weighted by molar-refractivity contribution is -0.152. The monoisotopic (exact) mass is 168 g/mol. The molecule has 1 unspecified atom stereocenters. The molecule has 0 saturated heterocycles. The summed E-state index contributed by atoms with van der Waals surface area (Å²) in [5, 5.41) is 0. The predicted molar refractivity (Wildman–Crippen MR) is 47.7 cm³/mol. The number of carbonyl (C=O) groups excluding carboxylic acids is 1. The van der Waals surface area contributed by atoms with E-state index >= 15 is 0 Å². The normalized spacial score (nSPS) is 26.8. The van der Waals surface area contributed by atoms with Gasteiger partial charge in [0.1, 0.15) is 6.10 Å². The van der Waals surface area contributed by atoms with E-state index in [0.29, 0.717) is 0 Å². The molecule has 2 heteroatoms. The van der Waals surface area contributed by atoms with Crippen LogP contribution in [0.25, 0.3) is 0 Å². The number of rotatable bonds is 1. The first-order valence-corrected chi connectivity index (χ1v) is 4.34. The first kappa shape index (κ1) is 9.30. The second kappa shape index (κ2) is 3.30. The van der Waals surface area contributed by atoms with Gasteiger partial charge in [0.05, 0.1) is 0 Å². The Bertz CT molecular complexity index is 204. The topological polar surface area (TPSA) is 26.3 Å². The summed E-state index contributed by atoms with van der Waals surface area (Å²) in [6.07, 6.45) is 6.14. The van der Waals surface area contributed by atoms with Crippen LogP contribution in [0.2, 0.25) is 0 Å². The predicted octanol–water partition coefficient (Wildman–Crippen LogP) is 2.29. The molecule has 0 amide bonds. The van der Waals surface area contributed by atoms with Crippen molar-refractivity contribution < 1.29 is 9.53 Å². The van der Waals surface area contributed by atoms with E-state index < -0.39 is 0 Å². The molecule has 1 rings (SSSR count).